The summed E-state index contributed by atoms with van der Waals surface area (Å²) in [7, 11) is 0. The fourth-order valence-corrected chi connectivity index (χ4v) is 2.51. The highest BCUT2D eigenvalue weighted by atomic mass is 35.5. The second-order valence-electron chi connectivity index (χ2n) is 6.45. The molecule has 0 atom stereocenters. The molecule has 2 aromatic carbocycles. The molecular formula is C19H14ClF7N4OS. The summed E-state index contributed by atoms with van der Waals surface area (Å²) in [6, 6.07) is 11.2. The molecule has 1 amide bonds. The molecule has 3 N–H and O–H groups in total. The second kappa shape index (κ2) is 9.91. The largest absolute Gasteiger partial charge is 0.460 e. The molecule has 0 bridgehead atoms. The highest BCUT2D eigenvalue weighted by molar-refractivity contribution is 7.80. The minimum atomic E-state index is -6.61. The molecular weight excluding hydrogens is 501 g/mol. The number of nitrogens with zero attached hydrogens (tertiary/aromatic N) is 1. The van der Waals surface area contributed by atoms with Crippen LogP contribution in [0.2, 0.25) is 5.02 Å². The van der Waals surface area contributed by atoms with Crippen LogP contribution in [0.3, 0.4) is 0 Å². The van der Waals surface area contributed by atoms with Crippen LogP contribution in [-0.2, 0) is 4.79 Å². The highest BCUT2D eigenvalue weighted by Gasteiger charge is 2.76. The zero-order valence-electron chi connectivity index (χ0n) is 16.4. The summed E-state index contributed by atoms with van der Waals surface area (Å²) in [4.78, 5) is 11.4. The molecule has 5 nitrogen and oxygen atoms in total. The van der Waals surface area contributed by atoms with Crippen molar-refractivity contribution >= 4 is 51.9 Å². The number of rotatable bonds is 6. The van der Waals surface area contributed by atoms with Gasteiger partial charge in [-0.3, -0.25) is 10.2 Å². The van der Waals surface area contributed by atoms with Gasteiger partial charge in [-0.25, -0.2) is 0 Å². The zero-order chi connectivity index (χ0) is 25.0. The lowest BCUT2D eigenvalue weighted by molar-refractivity contribution is -0.343. The van der Waals surface area contributed by atoms with E-state index in [0.29, 0.717) is 22.0 Å². The normalized spacial score (nSPS) is 12.8. The zero-order valence-corrected chi connectivity index (χ0v) is 18.0. The predicted molar refractivity (Wildman–Crippen MR) is 114 cm³/mol. The van der Waals surface area contributed by atoms with Crippen LogP contribution in [0.1, 0.15) is 12.5 Å². The van der Waals surface area contributed by atoms with Gasteiger partial charge in [0, 0.05) is 16.4 Å². The Morgan fingerprint density at radius 1 is 0.879 bits per heavy atom. The molecule has 0 aliphatic heterocycles. The maximum atomic E-state index is 13.4. The maximum absolute atomic E-state index is 13.4. The molecule has 2 aromatic rings. The van der Waals surface area contributed by atoms with Crippen LogP contribution in [0.25, 0.3) is 0 Å². The van der Waals surface area contributed by atoms with Crippen LogP contribution in [0.15, 0.2) is 53.6 Å². The fraction of sp³-hybridized carbons (Fsp3) is 0.211. The third kappa shape index (κ3) is 6.32. The Kier molecular flexibility index (Phi) is 7.91. The minimum absolute atomic E-state index is 0.133. The Bertz CT molecular complexity index is 1040. The van der Waals surface area contributed by atoms with Crippen LogP contribution in [-0.4, -0.2) is 34.8 Å². The molecule has 0 fully saturated rings. The van der Waals surface area contributed by atoms with E-state index in [4.69, 9.17) is 23.8 Å². The van der Waals surface area contributed by atoms with E-state index in [1.54, 1.807) is 31.2 Å². The van der Waals surface area contributed by atoms with E-state index in [0.717, 1.165) is 12.1 Å². The molecule has 0 unspecified atom stereocenters. The summed E-state index contributed by atoms with van der Waals surface area (Å²) in [6.45, 7) is 1.55. The molecule has 0 heterocycles. The standard InChI is InChI=1S/C19H14ClF7N4OS/c1-10(30-31-16(33)29-14-8-4-12(20)5-9-14)11-2-6-13(7-3-11)28-15(32)17(21,22)18(23,24)19(25,26)27/h2-9H,1H3,(H,28,32)(H2,29,31,33). The van der Waals surface area contributed by atoms with Gasteiger partial charge >= 0.3 is 23.9 Å². The summed E-state index contributed by atoms with van der Waals surface area (Å²) in [5.41, 5.74) is 3.52. The molecule has 2 rings (SSSR count). The Hall–Kier alpha value is -2.93. The summed E-state index contributed by atoms with van der Waals surface area (Å²) in [6.07, 6.45) is -6.61. The first-order valence-electron chi connectivity index (χ1n) is 8.76. The van der Waals surface area contributed by atoms with Gasteiger partial charge in [0.2, 0.25) is 0 Å². The lowest BCUT2D eigenvalue weighted by Gasteiger charge is -2.27. The van der Waals surface area contributed by atoms with Crippen molar-refractivity contribution in [3.05, 3.63) is 59.1 Å². The summed E-state index contributed by atoms with van der Waals surface area (Å²) in [5, 5.41) is 8.85. The quantitative estimate of drug-likeness (QED) is 0.197. The van der Waals surface area contributed by atoms with E-state index in [1.807, 2.05) is 0 Å². The SMILES string of the molecule is CC(=NNC(=S)Nc1ccc(Cl)cc1)c1ccc(NC(=O)C(F)(F)C(F)(F)C(F)(F)F)cc1. The Morgan fingerprint density at radius 2 is 1.36 bits per heavy atom. The van der Waals surface area contributed by atoms with Crippen molar-refractivity contribution in [3.8, 4) is 0 Å². The first-order valence-corrected chi connectivity index (χ1v) is 9.55. The summed E-state index contributed by atoms with van der Waals surface area (Å²) < 4.78 is 89.3. The number of carbonyl (C=O) groups is 1. The van der Waals surface area contributed by atoms with Crippen molar-refractivity contribution in [2.75, 3.05) is 10.6 Å². The molecule has 0 aromatic heterocycles. The third-order valence-electron chi connectivity index (χ3n) is 4.02. The number of hydrogen-bond donors (Lipinski definition) is 3. The first kappa shape index (κ1) is 26.3. The molecule has 14 heteroatoms. The number of alkyl halides is 7. The van der Waals surface area contributed by atoms with Crippen LogP contribution in [0.4, 0.5) is 42.1 Å². The Morgan fingerprint density at radius 3 is 1.88 bits per heavy atom. The maximum Gasteiger partial charge on any atom is 0.460 e. The monoisotopic (exact) mass is 514 g/mol. The molecule has 0 saturated heterocycles. The lowest BCUT2D eigenvalue weighted by Crippen LogP contribution is -2.57. The Labute approximate surface area is 193 Å². The van der Waals surface area contributed by atoms with Gasteiger partial charge in [0.15, 0.2) is 5.11 Å². The van der Waals surface area contributed by atoms with Crippen molar-refractivity contribution in [2.45, 2.75) is 24.9 Å². The first-order chi connectivity index (χ1) is 15.1. The van der Waals surface area contributed by atoms with Crippen molar-refractivity contribution in [3.63, 3.8) is 0 Å². The van der Waals surface area contributed by atoms with Gasteiger partial charge < -0.3 is 10.6 Å². The Balaban J connectivity index is 2.01. The average Bonchev–Trinajstić information content (AvgIpc) is 2.73. The summed E-state index contributed by atoms with van der Waals surface area (Å²) in [5.74, 6) is -15.4. The molecule has 0 saturated carbocycles. The van der Waals surface area contributed by atoms with Crippen LogP contribution < -0.4 is 16.1 Å². The molecule has 178 valence electrons. The van der Waals surface area contributed by atoms with E-state index in [2.05, 4.69) is 15.8 Å². The minimum Gasteiger partial charge on any atom is -0.331 e. The number of anilines is 2. The number of halogens is 8. The van der Waals surface area contributed by atoms with E-state index >= 15 is 0 Å². The lowest BCUT2D eigenvalue weighted by atomic mass is 10.1. The van der Waals surface area contributed by atoms with Crippen molar-refractivity contribution in [1.82, 2.24) is 5.43 Å². The topological polar surface area (TPSA) is 65.5 Å². The third-order valence-corrected chi connectivity index (χ3v) is 4.47. The van der Waals surface area contributed by atoms with Gasteiger partial charge in [-0.2, -0.15) is 35.8 Å². The smallest absolute Gasteiger partial charge is 0.331 e. The number of nitrogens with one attached hydrogen (secondary N) is 3. The van der Waals surface area contributed by atoms with E-state index in [9.17, 15) is 35.5 Å². The number of amides is 1. The van der Waals surface area contributed by atoms with Gasteiger partial charge in [0.05, 0.1) is 5.71 Å². The van der Waals surface area contributed by atoms with Gasteiger partial charge in [0.25, 0.3) is 0 Å². The van der Waals surface area contributed by atoms with Crippen LogP contribution in [0, 0.1) is 0 Å². The summed E-state index contributed by atoms with van der Waals surface area (Å²) >= 11 is 10.9. The van der Waals surface area contributed by atoms with E-state index < -0.39 is 29.6 Å². The van der Waals surface area contributed by atoms with Gasteiger partial charge in [-0.05, 0) is 61.1 Å². The average molecular weight is 515 g/mol. The van der Waals surface area contributed by atoms with Gasteiger partial charge in [-0.1, -0.05) is 23.7 Å². The fourth-order valence-electron chi connectivity index (χ4n) is 2.22. The molecule has 0 radical (unpaired) electrons. The van der Waals surface area contributed by atoms with Crippen LogP contribution >= 0.6 is 23.8 Å². The molecule has 33 heavy (non-hydrogen) atoms. The number of benzene rings is 2. The van der Waals surface area contributed by atoms with Crippen molar-refractivity contribution in [1.29, 1.82) is 0 Å². The number of thiocarbonyl (C=S) groups is 1. The van der Waals surface area contributed by atoms with Gasteiger partial charge in [-0.15, -0.1) is 0 Å². The van der Waals surface area contributed by atoms with Crippen molar-refractivity contribution < 1.29 is 35.5 Å². The van der Waals surface area contributed by atoms with Gasteiger partial charge in [0.1, 0.15) is 0 Å². The number of hydrazone groups is 1. The molecule has 0 aliphatic rings. The van der Waals surface area contributed by atoms with Crippen molar-refractivity contribution in [2.24, 2.45) is 5.10 Å². The number of carbonyl (C=O) groups excluding carboxylic acids is 1. The van der Waals surface area contributed by atoms with E-state index in [-0.39, 0.29) is 5.11 Å². The second-order valence-corrected chi connectivity index (χ2v) is 7.29. The highest BCUT2D eigenvalue weighted by Crippen LogP contribution is 2.46. The van der Waals surface area contributed by atoms with Crippen LogP contribution in [0.5, 0.6) is 0 Å². The number of hydrogen-bond acceptors (Lipinski definition) is 3. The molecule has 0 aliphatic carbocycles. The predicted octanol–water partition coefficient (Wildman–Crippen LogP) is 5.82. The molecule has 0 spiro atoms. The van der Waals surface area contributed by atoms with E-state index in [1.165, 1.54) is 17.4 Å².